The molecule has 7 nitrogen and oxygen atoms in total. The quantitative estimate of drug-likeness (QED) is 0.214. The highest BCUT2D eigenvalue weighted by Crippen LogP contribution is 2.33. The Labute approximate surface area is 182 Å². The average molecular weight is 423 g/mol. The van der Waals surface area contributed by atoms with Gasteiger partial charge in [0.05, 0.1) is 13.2 Å². The summed E-state index contributed by atoms with van der Waals surface area (Å²) >= 11 is 0. The summed E-state index contributed by atoms with van der Waals surface area (Å²) < 4.78 is 0. The number of hydrogen-bond acceptors (Lipinski definition) is 6. The summed E-state index contributed by atoms with van der Waals surface area (Å²) in [6.45, 7) is 0.478. The highest BCUT2D eigenvalue weighted by Gasteiger charge is 2.16. The molecule has 8 N–H and O–H groups in total. The highest BCUT2D eigenvalue weighted by molar-refractivity contribution is 5.51. The van der Waals surface area contributed by atoms with Gasteiger partial charge in [0.15, 0.2) is 0 Å². The summed E-state index contributed by atoms with van der Waals surface area (Å²) in [7, 11) is 0. The summed E-state index contributed by atoms with van der Waals surface area (Å²) in [6, 6.07) is 23.9. The Morgan fingerprint density at radius 2 is 0.935 bits per heavy atom. The second-order valence-corrected chi connectivity index (χ2v) is 7.02. The van der Waals surface area contributed by atoms with Crippen LogP contribution in [0.25, 0.3) is 0 Å². The predicted molar refractivity (Wildman–Crippen MR) is 125 cm³/mol. The molecule has 0 aromatic heterocycles. The van der Waals surface area contributed by atoms with Gasteiger partial charge in [0.1, 0.15) is 0 Å². The minimum atomic E-state index is -0.0568. The maximum atomic E-state index is 9.99. The van der Waals surface area contributed by atoms with Crippen LogP contribution in [0.5, 0.6) is 0 Å². The number of anilines is 3. The fourth-order valence-electron chi connectivity index (χ4n) is 3.12. The molecule has 0 heterocycles. The first-order valence-corrected chi connectivity index (χ1v) is 9.95. The Hall–Kier alpha value is -3.55. The van der Waals surface area contributed by atoms with E-state index in [1.54, 1.807) is 0 Å². The van der Waals surface area contributed by atoms with Crippen LogP contribution in [0.2, 0.25) is 0 Å². The number of nitrogens with zero attached hydrogens (tertiary/aromatic N) is 1. The van der Waals surface area contributed by atoms with E-state index in [-0.39, 0.29) is 19.1 Å². The molecule has 0 aliphatic heterocycles. The molecule has 0 saturated carbocycles. The fourth-order valence-corrected chi connectivity index (χ4v) is 3.12. The number of rotatable bonds is 8. The molecule has 0 fully saturated rings. The topological polar surface area (TPSA) is 139 Å². The van der Waals surface area contributed by atoms with Crippen LogP contribution in [-0.2, 0) is 4.79 Å². The van der Waals surface area contributed by atoms with Crippen molar-refractivity contribution in [3.05, 3.63) is 89.5 Å². The van der Waals surface area contributed by atoms with Crippen molar-refractivity contribution < 1.29 is 15.0 Å². The van der Waals surface area contributed by atoms with E-state index >= 15 is 0 Å². The van der Waals surface area contributed by atoms with Crippen molar-refractivity contribution in [1.29, 1.82) is 0 Å². The molecular weight excluding hydrogens is 392 g/mol. The van der Waals surface area contributed by atoms with E-state index in [4.69, 9.17) is 27.4 Å². The molecule has 3 rings (SSSR count). The van der Waals surface area contributed by atoms with Crippen LogP contribution >= 0.6 is 0 Å². The zero-order valence-electron chi connectivity index (χ0n) is 17.4. The molecule has 0 aliphatic rings. The van der Waals surface area contributed by atoms with Gasteiger partial charge in [0.25, 0.3) is 0 Å². The maximum Gasteiger partial charge on any atom is 0.209 e. The van der Waals surface area contributed by atoms with Crippen molar-refractivity contribution >= 4 is 23.5 Å². The molecule has 31 heavy (non-hydrogen) atoms. The van der Waals surface area contributed by atoms with Gasteiger partial charge in [-0.25, -0.2) is 0 Å². The summed E-state index contributed by atoms with van der Waals surface area (Å²) in [6.07, 6.45) is 0.604. The zero-order valence-corrected chi connectivity index (χ0v) is 17.4. The zero-order chi connectivity index (χ0) is 22.6. The molecule has 0 saturated heterocycles. The molecule has 7 heteroatoms. The third-order valence-corrected chi connectivity index (χ3v) is 4.73. The lowest BCUT2D eigenvalue weighted by molar-refractivity contribution is -0.119. The van der Waals surface area contributed by atoms with Gasteiger partial charge in [0.2, 0.25) is 6.41 Å². The van der Waals surface area contributed by atoms with Crippen LogP contribution in [0, 0.1) is 0 Å². The Balaban J connectivity index is 0.000000323. The van der Waals surface area contributed by atoms with Crippen LogP contribution in [0.1, 0.15) is 22.6 Å². The standard InChI is InChI=1S/C19H19N3.C5H11NO3/c20-16-7-1-13(2-8-16)19(14-3-9-17(21)10-4-14)15-5-11-18(22)12-6-15;7-3-1-6(5-9)2-4-8/h1-12,19H,20-22H2;5,7-8H,1-4H2. The first-order chi connectivity index (χ1) is 15.0. The molecule has 0 spiro atoms. The lowest BCUT2D eigenvalue weighted by Crippen LogP contribution is -2.28. The Kier molecular flexibility index (Phi) is 9.35. The number of benzene rings is 3. The summed E-state index contributed by atoms with van der Waals surface area (Å²) in [5, 5.41) is 16.6. The number of carbonyl (C=O) groups is 1. The molecular formula is C24H30N4O3. The molecule has 3 aromatic rings. The molecule has 3 aromatic carbocycles. The smallest absolute Gasteiger partial charge is 0.209 e. The van der Waals surface area contributed by atoms with Crippen molar-refractivity contribution in [2.24, 2.45) is 0 Å². The van der Waals surface area contributed by atoms with E-state index in [1.165, 1.54) is 21.6 Å². The number of aliphatic hydroxyl groups is 2. The summed E-state index contributed by atoms with van der Waals surface area (Å²) in [4.78, 5) is 11.3. The normalized spacial score (nSPS) is 10.3. The van der Waals surface area contributed by atoms with Gasteiger partial charge >= 0.3 is 0 Å². The van der Waals surface area contributed by atoms with Crippen LogP contribution in [-0.4, -0.2) is 47.8 Å². The molecule has 0 aliphatic carbocycles. The largest absolute Gasteiger partial charge is 0.399 e. The SMILES string of the molecule is Nc1ccc(C(c2ccc(N)cc2)c2ccc(N)cc2)cc1.O=CN(CCO)CCO. The molecule has 0 bridgehead atoms. The minimum Gasteiger partial charge on any atom is -0.399 e. The van der Waals surface area contributed by atoms with E-state index in [9.17, 15) is 4.79 Å². The number of nitrogen functional groups attached to an aromatic ring is 3. The second kappa shape index (κ2) is 12.2. The monoisotopic (exact) mass is 422 g/mol. The van der Waals surface area contributed by atoms with Gasteiger partial charge < -0.3 is 32.3 Å². The number of nitrogens with two attached hydrogens (primary N) is 3. The van der Waals surface area contributed by atoms with Crippen LogP contribution in [0.3, 0.4) is 0 Å². The lowest BCUT2D eigenvalue weighted by Gasteiger charge is -2.19. The third-order valence-electron chi connectivity index (χ3n) is 4.73. The van der Waals surface area contributed by atoms with Gasteiger partial charge in [-0.3, -0.25) is 4.79 Å². The van der Waals surface area contributed by atoms with E-state index < -0.39 is 0 Å². The highest BCUT2D eigenvalue weighted by atomic mass is 16.3. The number of aliphatic hydroxyl groups excluding tert-OH is 2. The molecule has 0 atom stereocenters. The number of amides is 1. The Morgan fingerprint density at radius 3 is 1.16 bits per heavy atom. The molecule has 1 amide bonds. The Bertz CT molecular complexity index is 799. The van der Waals surface area contributed by atoms with E-state index in [1.807, 2.05) is 36.4 Å². The van der Waals surface area contributed by atoms with Gasteiger partial charge in [-0.05, 0) is 53.1 Å². The Morgan fingerprint density at radius 1 is 0.645 bits per heavy atom. The summed E-state index contributed by atoms with van der Waals surface area (Å²) in [5.74, 6) is 0.127. The van der Waals surface area contributed by atoms with E-state index in [0.717, 1.165) is 17.1 Å². The first kappa shape index (κ1) is 23.7. The van der Waals surface area contributed by atoms with Gasteiger partial charge in [-0.1, -0.05) is 36.4 Å². The summed E-state index contributed by atoms with van der Waals surface area (Å²) in [5.41, 5.74) is 23.3. The number of carbonyl (C=O) groups excluding carboxylic acids is 1. The van der Waals surface area contributed by atoms with E-state index in [0.29, 0.717) is 19.5 Å². The van der Waals surface area contributed by atoms with E-state index in [2.05, 4.69) is 36.4 Å². The predicted octanol–water partition coefficient (Wildman–Crippen LogP) is 2.04. The van der Waals surface area contributed by atoms with Crippen LogP contribution in [0.4, 0.5) is 17.1 Å². The number of hydrogen-bond donors (Lipinski definition) is 5. The fraction of sp³-hybridized carbons (Fsp3) is 0.208. The first-order valence-electron chi connectivity index (χ1n) is 9.95. The van der Waals surface area contributed by atoms with Crippen molar-refractivity contribution in [2.45, 2.75) is 5.92 Å². The van der Waals surface area contributed by atoms with Gasteiger partial charge in [-0.15, -0.1) is 0 Å². The molecule has 0 radical (unpaired) electrons. The maximum absolute atomic E-state index is 9.99. The van der Waals surface area contributed by atoms with Crippen LogP contribution in [0.15, 0.2) is 72.8 Å². The van der Waals surface area contributed by atoms with Crippen LogP contribution < -0.4 is 17.2 Å². The van der Waals surface area contributed by atoms with Crippen molar-refractivity contribution in [1.82, 2.24) is 4.90 Å². The van der Waals surface area contributed by atoms with Crippen molar-refractivity contribution in [3.63, 3.8) is 0 Å². The van der Waals surface area contributed by atoms with Gasteiger partial charge in [-0.2, -0.15) is 0 Å². The molecule has 0 unspecified atom stereocenters. The average Bonchev–Trinajstić information content (AvgIpc) is 2.78. The lowest BCUT2D eigenvalue weighted by atomic mass is 9.85. The third kappa shape index (κ3) is 7.33. The van der Waals surface area contributed by atoms with Gasteiger partial charge in [0, 0.05) is 36.1 Å². The molecule has 164 valence electrons. The second-order valence-electron chi connectivity index (χ2n) is 7.02. The van der Waals surface area contributed by atoms with Crippen molar-refractivity contribution in [2.75, 3.05) is 43.5 Å². The van der Waals surface area contributed by atoms with Crippen molar-refractivity contribution in [3.8, 4) is 0 Å². The minimum absolute atomic E-state index is 0.0568.